The van der Waals surface area contributed by atoms with Crippen LogP contribution >= 0.6 is 0 Å². The lowest BCUT2D eigenvalue weighted by molar-refractivity contribution is -0.148. The van der Waals surface area contributed by atoms with E-state index in [2.05, 4.69) is 31.8 Å². The summed E-state index contributed by atoms with van der Waals surface area (Å²) in [7, 11) is 3.51. The van der Waals surface area contributed by atoms with Gasteiger partial charge in [0.15, 0.2) is 6.10 Å². The SMILES string of the molecule is COc1ccc(O[C@@H]2/C=C\C[C@H](O)C[C@@H]3[C@@H](C(C)C)CC=C(C)[C@@H]3CC2OC(=O)/C=C/c2cn(C)cn2)cc1. The minimum atomic E-state index is -0.527. The zero-order valence-corrected chi connectivity index (χ0v) is 23.7. The molecule has 7 nitrogen and oxygen atoms in total. The molecule has 0 saturated carbocycles. The first kappa shape index (κ1) is 28.7. The quantitative estimate of drug-likeness (QED) is 0.276. The number of aliphatic hydroxyl groups is 1. The molecule has 7 heteroatoms. The van der Waals surface area contributed by atoms with Crippen molar-refractivity contribution in [2.45, 2.75) is 64.8 Å². The van der Waals surface area contributed by atoms with E-state index in [0.717, 1.165) is 18.6 Å². The van der Waals surface area contributed by atoms with Crippen LogP contribution in [-0.4, -0.2) is 46.0 Å². The van der Waals surface area contributed by atoms with Gasteiger partial charge in [0.25, 0.3) is 0 Å². The molecular weight excluding hydrogens is 492 g/mol. The first-order valence-electron chi connectivity index (χ1n) is 13.9. The van der Waals surface area contributed by atoms with Crippen LogP contribution in [0.15, 0.2) is 66.7 Å². The highest BCUT2D eigenvalue weighted by atomic mass is 16.6. The molecule has 1 heterocycles. The van der Waals surface area contributed by atoms with Gasteiger partial charge in [0, 0.05) is 19.3 Å². The molecular formula is C32H42N2O5. The zero-order chi connectivity index (χ0) is 27.9. The number of nitrogens with zero attached hydrogens (tertiary/aromatic N) is 2. The number of hydrogen-bond donors (Lipinski definition) is 1. The molecule has 0 bridgehead atoms. The summed E-state index contributed by atoms with van der Waals surface area (Å²) < 4.78 is 19.7. The second-order valence-electron chi connectivity index (χ2n) is 11.2. The number of imidazole rings is 1. The average Bonchev–Trinajstić information content (AvgIpc) is 3.33. The monoisotopic (exact) mass is 534 g/mol. The number of allylic oxidation sites excluding steroid dienone is 2. The predicted octanol–water partition coefficient (Wildman–Crippen LogP) is 5.76. The van der Waals surface area contributed by atoms with E-state index < -0.39 is 24.3 Å². The van der Waals surface area contributed by atoms with Crippen molar-refractivity contribution in [3.8, 4) is 11.5 Å². The number of methoxy groups -OCH3 is 1. The van der Waals surface area contributed by atoms with E-state index in [1.54, 1.807) is 19.5 Å². The fourth-order valence-corrected chi connectivity index (χ4v) is 5.94. The molecule has 2 aromatic rings. The number of carbonyl (C=O) groups is 1. The molecule has 4 rings (SSSR count). The Morgan fingerprint density at radius 1 is 1.15 bits per heavy atom. The normalized spacial score (nSPS) is 28.4. The van der Waals surface area contributed by atoms with Gasteiger partial charge in [-0.1, -0.05) is 31.6 Å². The van der Waals surface area contributed by atoms with E-state index in [1.165, 1.54) is 11.6 Å². The maximum absolute atomic E-state index is 13.1. The Hall–Kier alpha value is -3.32. The molecule has 1 N–H and O–H groups in total. The van der Waals surface area contributed by atoms with Gasteiger partial charge in [-0.25, -0.2) is 9.78 Å². The molecule has 210 valence electrons. The van der Waals surface area contributed by atoms with Crippen LogP contribution in [0.2, 0.25) is 0 Å². The van der Waals surface area contributed by atoms with Crippen LogP contribution < -0.4 is 9.47 Å². The maximum Gasteiger partial charge on any atom is 0.331 e. The van der Waals surface area contributed by atoms with Crippen molar-refractivity contribution in [2.24, 2.45) is 30.7 Å². The van der Waals surface area contributed by atoms with Crippen molar-refractivity contribution in [3.05, 3.63) is 72.4 Å². The van der Waals surface area contributed by atoms with Crippen molar-refractivity contribution >= 4 is 12.0 Å². The van der Waals surface area contributed by atoms with Crippen LogP contribution in [0.1, 0.15) is 52.1 Å². The Morgan fingerprint density at radius 3 is 2.56 bits per heavy atom. The molecule has 6 atom stereocenters. The molecule has 39 heavy (non-hydrogen) atoms. The summed E-state index contributed by atoms with van der Waals surface area (Å²) in [6.07, 6.45) is 14.2. The third-order valence-electron chi connectivity index (χ3n) is 8.06. The van der Waals surface area contributed by atoms with E-state index in [1.807, 2.05) is 54.2 Å². The van der Waals surface area contributed by atoms with Crippen molar-refractivity contribution in [2.75, 3.05) is 7.11 Å². The number of benzene rings is 1. The Labute approximate surface area is 232 Å². The highest BCUT2D eigenvalue weighted by molar-refractivity contribution is 5.86. The van der Waals surface area contributed by atoms with Crippen molar-refractivity contribution in [1.82, 2.24) is 9.55 Å². The van der Waals surface area contributed by atoms with E-state index >= 15 is 0 Å². The minimum absolute atomic E-state index is 0.173. The predicted molar refractivity (Wildman–Crippen MR) is 152 cm³/mol. The van der Waals surface area contributed by atoms with Gasteiger partial charge >= 0.3 is 5.97 Å². The number of ether oxygens (including phenoxy) is 3. The van der Waals surface area contributed by atoms with Gasteiger partial charge in [-0.05, 0) is 92.7 Å². The molecule has 0 aliphatic heterocycles. The summed E-state index contributed by atoms with van der Waals surface area (Å²) in [4.78, 5) is 17.4. The molecule has 0 spiro atoms. The molecule has 0 radical (unpaired) electrons. The zero-order valence-electron chi connectivity index (χ0n) is 23.7. The third kappa shape index (κ3) is 7.63. The van der Waals surface area contributed by atoms with Gasteiger partial charge in [0.1, 0.15) is 17.6 Å². The smallest absolute Gasteiger partial charge is 0.331 e. The van der Waals surface area contributed by atoms with Crippen LogP contribution in [0.25, 0.3) is 6.08 Å². The van der Waals surface area contributed by atoms with Crippen LogP contribution in [0.3, 0.4) is 0 Å². The number of carbonyl (C=O) groups excluding carboxylic acids is 1. The second-order valence-corrected chi connectivity index (χ2v) is 11.2. The summed E-state index contributed by atoms with van der Waals surface area (Å²) in [5, 5.41) is 11.0. The standard InChI is InChI=1S/C32H42N2O5/c1-21(2)27-15-9-22(3)28-18-31(39-32(36)16-10-23-19-34(4)20-33-23)30(8-6-7-24(35)17-29(27)28)38-26-13-11-25(37-5)12-14-26/h6,8-14,16,19-21,24,27-31,35H,7,15,17-18H2,1-5H3/b8-6-,16-10+/t24-,27+,28-,29+,30+,31?/m0/s1. The lowest BCUT2D eigenvalue weighted by atomic mass is 9.64. The number of esters is 1. The number of rotatable bonds is 7. The van der Waals surface area contributed by atoms with Gasteiger partial charge in [0.2, 0.25) is 0 Å². The fourth-order valence-electron chi connectivity index (χ4n) is 5.94. The lowest BCUT2D eigenvalue weighted by Crippen LogP contribution is -2.41. The maximum atomic E-state index is 13.1. The number of hydrogen-bond acceptors (Lipinski definition) is 6. The van der Waals surface area contributed by atoms with E-state index in [-0.39, 0.29) is 5.92 Å². The van der Waals surface area contributed by atoms with Crippen molar-refractivity contribution < 1.29 is 24.1 Å². The van der Waals surface area contributed by atoms with Crippen LogP contribution in [0.5, 0.6) is 11.5 Å². The Bertz CT molecular complexity index is 1180. The Kier molecular flexibility index (Phi) is 9.68. The fraction of sp³-hybridized carbons (Fsp3) is 0.500. The third-order valence-corrected chi connectivity index (χ3v) is 8.06. The largest absolute Gasteiger partial charge is 0.497 e. The van der Waals surface area contributed by atoms with E-state index in [0.29, 0.717) is 42.0 Å². The van der Waals surface area contributed by atoms with Gasteiger partial charge in [-0.15, -0.1) is 0 Å². The highest BCUT2D eigenvalue weighted by Crippen LogP contribution is 2.44. The van der Waals surface area contributed by atoms with Gasteiger partial charge in [-0.3, -0.25) is 0 Å². The van der Waals surface area contributed by atoms with Crippen LogP contribution in [0, 0.1) is 23.7 Å². The minimum Gasteiger partial charge on any atom is -0.497 e. The molecule has 0 saturated heterocycles. The summed E-state index contributed by atoms with van der Waals surface area (Å²) in [6, 6.07) is 7.39. The summed E-state index contributed by atoms with van der Waals surface area (Å²) in [6.45, 7) is 6.69. The van der Waals surface area contributed by atoms with Gasteiger partial charge in [-0.2, -0.15) is 0 Å². The Morgan fingerprint density at radius 2 is 1.90 bits per heavy atom. The molecule has 2 aliphatic carbocycles. The molecule has 1 unspecified atom stereocenters. The first-order valence-corrected chi connectivity index (χ1v) is 13.9. The number of aliphatic hydroxyl groups excluding tert-OH is 1. The van der Waals surface area contributed by atoms with Crippen molar-refractivity contribution in [1.29, 1.82) is 0 Å². The van der Waals surface area contributed by atoms with E-state index in [4.69, 9.17) is 14.2 Å². The number of fused-ring (bicyclic) bond motifs is 1. The van der Waals surface area contributed by atoms with Gasteiger partial charge < -0.3 is 23.9 Å². The van der Waals surface area contributed by atoms with E-state index in [9.17, 15) is 9.90 Å². The highest BCUT2D eigenvalue weighted by Gasteiger charge is 2.40. The number of aryl methyl sites for hydroxylation is 1. The van der Waals surface area contributed by atoms with Crippen molar-refractivity contribution in [3.63, 3.8) is 0 Å². The second kappa shape index (κ2) is 13.2. The molecule has 0 fully saturated rings. The molecule has 1 aromatic heterocycles. The topological polar surface area (TPSA) is 82.8 Å². The summed E-state index contributed by atoms with van der Waals surface area (Å²) >= 11 is 0. The van der Waals surface area contributed by atoms with Gasteiger partial charge in [0.05, 0.1) is 25.2 Å². The van der Waals surface area contributed by atoms with Crippen LogP contribution in [-0.2, 0) is 16.6 Å². The first-order chi connectivity index (χ1) is 18.7. The molecule has 2 aliphatic rings. The Balaban J connectivity index is 1.65. The van der Waals surface area contributed by atoms with Crippen LogP contribution in [0.4, 0.5) is 0 Å². The summed E-state index contributed by atoms with van der Waals surface area (Å²) in [5.74, 6) is 2.37. The lowest BCUT2D eigenvalue weighted by Gasteiger charge is -2.43. The summed E-state index contributed by atoms with van der Waals surface area (Å²) in [5.41, 5.74) is 1.98. The molecule has 0 amide bonds. The molecule has 1 aromatic carbocycles. The number of aromatic nitrogens is 2. The average molecular weight is 535 g/mol.